The zero-order valence-corrected chi connectivity index (χ0v) is 13.3. The first kappa shape index (κ1) is 15.4. The van der Waals surface area contributed by atoms with Crippen molar-refractivity contribution in [1.29, 1.82) is 0 Å². The summed E-state index contributed by atoms with van der Waals surface area (Å²) in [6.07, 6.45) is 0. The largest absolute Gasteiger partial charge is 0.376 e. The molecule has 0 unspecified atom stereocenters. The van der Waals surface area contributed by atoms with Crippen LogP contribution in [0.25, 0.3) is 0 Å². The molecule has 0 radical (unpaired) electrons. The monoisotopic (exact) mass is 350 g/mol. The van der Waals surface area contributed by atoms with Crippen molar-refractivity contribution < 1.29 is 12.6 Å². The number of hydrogen-bond acceptors (Lipinski definition) is 3. The first-order chi connectivity index (χ1) is 9.29. The molecule has 3 nitrogen and oxygen atoms in total. The van der Waals surface area contributed by atoms with E-state index in [9.17, 15) is 8.42 Å². The van der Waals surface area contributed by atoms with Crippen molar-refractivity contribution in [2.45, 2.75) is 11.8 Å². The van der Waals surface area contributed by atoms with E-state index < -0.39 is 10.1 Å². The predicted octanol–water partition coefficient (Wildman–Crippen LogP) is 4.72. The van der Waals surface area contributed by atoms with Gasteiger partial charge in [0.1, 0.15) is 4.90 Å². The van der Waals surface area contributed by atoms with Crippen molar-refractivity contribution in [3.8, 4) is 5.75 Å². The molecule has 2 aromatic rings. The maximum Gasteiger partial charge on any atom is 0.339 e. The summed E-state index contributed by atoms with van der Waals surface area (Å²) < 4.78 is 29.3. The fraction of sp³-hybridized carbons (Fsp3) is 0.0769. The summed E-state index contributed by atoms with van der Waals surface area (Å²) in [5, 5.41) is 0.344. The van der Waals surface area contributed by atoms with Crippen LogP contribution in [0.1, 0.15) is 5.56 Å². The molecule has 0 N–H and O–H groups in total. The Hall–Kier alpha value is -0.940. The summed E-state index contributed by atoms with van der Waals surface area (Å²) in [4.78, 5) is 0.0187. The predicted molar refractivity (Wildman–Crippen MR) is 80.5 cm³/mol. The molecule has 0 amide bonds. The molecule has 0 aliphatic heterocycles. The molecule has 2 rings (SSSR count). The van der Waals surface area contributed by atoms with Crippen molar-refractivity contribution in [2.75, 3.05) is 0 Å². The summed E-state index contributed by atoms with van der Waals surface area (Å²) in [5.41, 5.74) is 0.937. The minimum atomic E-state index is -4.00. The molecule has 0 atom stereocenters. The molecule has 20 heavy (non-hydrogen) atoms. The van der Waals surface area contributed by atoms with Crippen LogP contribution in [0.2, 0.25) is 15.1 Å². The molecule has 0 spiro atoms. The molecule has 0 aliphatic carbocycles. The van der Waals surface area contributed by atoms with Crippen molar-refractivity contribution in [3.05, 3.63) is 57.0 Å². The summed E-state index contributed by atoms with van der Waals surface area (Å²) >= 11 is 17.5. The highest BCUT2D eigenvalue weighted by molar-refractivity contribution is 7.87. The number of hydrogen-bond donors (Lipinski definition) is 0. The lowest BCUT2D eigenvalue weighted by molar-refractivity contribution is 0.486. The number of aryl methyl sites for hydroxylation is 1. The first-order valence-electron chi connectivity index (χ1n) is 5.45. The third-order valence-corrected chi connectivity index (χ3v) is 4.48. The smallest absolute Gasteiger partial charge is 0.339 e. The fourth-order valence-electron chi connectivity index (χ4n) is 1.47. The average Bonchev–Trinajstić information content (AvgIpc) is 2.34. The van der Waals surface area contributed by atoms with Gasteiger partial charge in [0.25, 0.3) is 0 Å². The molecule has 7 heteroatoms. The molecule has 0 saturated heterocycles. The van der Waals surface area contributed by atoms with E-state index in [0.29, 0.717) is 5.02 Å². The normalized spacial score (nSPS) is 11.4. The van der Waals surface area contributed by atoms with Crippen LogP contribution in [0.3, 0.4) is 0 Å². The van der Waals surface area contributed by atoms with E-state index in [1.165, 1.54) is 24.3 Å². The zero-order chi connectivity index (χ0) is 14.9. The summed E-state index contributed by atoms with van der Waals surface area (Å²) in [7, 11) is -4.00. The quantitative estimate of drug-likeness (QED) is 0.751. The van der Waals surface area contributed by atoms with Crippen LogP contribution >= 0.6 is 34.8 Å². The van der Waals surface area contributed by atoms with Crippen molar-refractivity contribution >= 4 is 44.9 Å². The van der Waals surface area contributed by atoms with E-state index in [2.05, 4.69) is 0 Å². The van der Waals surface area contributed by atoms with Crippen LogP contribution in [0.15, 0.2) is 41.3 Å². The molecule has 0 saturated carbocycles. The summed E-state index contributed by atoms with van der Waals surface area (Å²) in [6, 6.07) is 8.94. The van der Waals surface area contributed by atoms with E-state index in [0.717, 1.165) is 5.56 Å². The van der Waals surface area contributed by atoms with Gasteiger partial charge in [0.15, 0.2) is 5.75 Å². The molecular formula is C13H9Cl3O3S. The Bertz CT molecular complexity index is 717. The van der Waals surface area contributed by atoms with Crippen LogP contribution in [0, 0.1) is 6.92 Å². The van der Waals surface area contributed by atoms with Crippen molar-refractivity contribution in [2.24, 2.45) is 0 Å². The number of halogens is 3. The van der Waals surface area contributed by atoms with Crippen LogP contribution < -0.4 is 4.18 Å². The Morgan fingerprint density at radius 1 is 0.950 bits per heavy atom. The van der Waals surface area contributed by atoms with Crippen molar-refractivity contribution in [3.63, 3.8) is 0 Å². The second-order valence-corrected chi connectivity index (χ2v) is 6.85. The lowest BCUT2D eigenvalue weighted by Gasteiger charge is -2.10. The summed E-state index contributed by atoms with van der Waals surface area (Å²) in [5.74, 6) is -0.140. The maximum absolute atomic E-state index is 12.1. The van der Waals surface area contributed by atoms with Gasteiger partial charge in [0, 0.05) is 5.02 Å². The van der Waals surface area contributed by atoms with Gasteiger partial charge < -0.3 is 4.18 Å². The molecule has 0 heterocycles. The van der Waals surface area contributed by atoms with Crippen LogP contribution in [-0.4, -0.2) is 8.42 Å². The van der Waals surface area contributed by atoms with Crippen LogP contribution in [0.5, 0.6) is 5.75 Å². The Balaban J connectivity index is 2.41. The van der Waals surface area contributed by atoms with Gasteiger partial charge in [-0.15, -0.1) is 0 Å². The van der Waals surface area contributed by atoms with E-state index in [1.807, 2.05) is 6.92 Å². The Morgan fingerprint density at radius 3 is 1.95 bits per heavy atom. The highest BCUT2D eigenvalue weighted by Crippen LogP contribution is 2.37. The Kier molecular flexibility index (Phi) is 4.49. The first-order valence-corrected chi connectivity index (χ1v) is 7.99. The number of rotatable bonds is 3. The van der Waals surface area contributed by atoms with Gasteiger partial charge in [0.2, 0.25) is 0 Å². The van der Waals surface area contributed by atoms with Gasteiger partial charge in [0.05, 0.1) is 10.0 Å². The van der Waals surface area contributed by atoms with Crippen LogP contribution in [-0.2, 0) is 10.1 Å². The molecule has 0 aliphatic rings. The Morgan fingerprint density at radius 2 is 1.45 bits per heavy atom. The molecule has 0 fully saturated rings. The van der Waals surface area contributed by atoms with E-state index in [1.54, 1.807) is 12.1 Å². The molecular weight excluding hydrogens is 343 g/mol. The summed E-state index contributed by atoms with van der Waals surface area (Å²) in [6.45, 7) is 1.85. The third-order valence-electron chi connectivity index (χ3n) is 2.47. The molecule has 0 aromatic heterocycles. The topological polar surface area (TPSA) is 43.4 Å². The highest BCUT2D eigenvalue weighted by Gasteiger charge is 2.20. The average molecular weight is 352 g/mol. The SMILES string of the molecule is Cc1ccc(S(=O)(=O)Oc2c(Cl)cc(Cl)cc2Cl)cc1. The number of benzene rings is 2. The van der Waals surface area contributed by atoms with E-state index in [4.69, 9.17) is 39.0 Å². The lowest BCUT2D eigenvalue weighted by Crippen LogP contribution is -2.10. The minimum absolute atomic E-state index is 0.0187. The standard InChI is InChI=1S/C13H9Cl3O3S/c1-8-2-4-10(5-3-8)20(17,18)19-13-11(15)6-9(14)7-12(13)16/h2-7H,1H3. The highest BCUT2D eigenvalue weighted by atomic mass is 35.5. The maximum atomic E-state index is 12.1. The van der Waals surface area contributed by atoms with Gasteiger partial charge in [-0.25, -0.2) is 0 Å². The van der Waals surface area contributed by atoms with Crippen molar-refractivity contribution in [1.82, 2.24) is 0 Å². The Labute approximate surface area is 132 Å². The fourth-order valence-corrected chi connectivity index (χ4v) is 3.42. The molecule has 2 aromatic carbocycles. The van der Waals surface area contributed by atoms with Gasteiger partial charge in [-0.3, -0.25) is 0 Å². The third kappa shape index (κ3) is 3.38. The second-order valence-electron chi connectivity index (χ2n) is 4.05. The zero-order valence-electron chi connectivity index (χ0n) is 10.2. The molecule has 0 bridgehead atoms. The van der Waals surface area contributed by atoms with Crippen LogP contribution in [0.4, 0.5) is 0 Å². The second kappa shape index (κ2) is 5.82. The molecule has 106 valence electrons. The van der Waals surface area contributed by atoms with Gasteiger partial charge in [-0.05, 0) is 31.2 Å². The van der Waals surface area contributed by atoms with Gasteiger partial charge in [-0.1, -0.05) is 52.5 Å². The van der Waals surface area contributed by atoms with E-state index in [-0.39, 0.29) is 20.7 Å². The van der Waals surface area contributed by atoms with E-state index >= 15 is 0 Å². The van der Waals surface area contributed by atoms with Gasteiger partial charge in [-0.2, -0.15) is 8.42 Å². The lowest BCUT2D eigenvalue weighted by atomic mass is 10.2. The minimum Gasteiger partial charge on any atom is -0.376 e. The van der Waals surface area contributed by atoms with Gasteiger partial charge >= 0.3 is 10.1 Å².